The molecule has 1 saturated heterocycles. The lowest BCUT2D eigenvalue weighted by atomic mass is 10.0. The first kappa shape index (κ1) is 22.3. The van der Waals surface area contributed by atoms with Crippen molar-refractivity contribution in [2.24, 2.45) is 0 Å². The van der Waals surface area contributed by atoms with E-state index in [-0.39, 0.29) is 12.7 Å². The zero-order chi connectivity index (χ0) is 21.7. The van der Waals surface area contributed by atoms with E-state index in [0.717, 1.165) is 12.1 Å². The fraction of sp³-hybridized carbons (Fsp3) is 0.333. The molecule has 0 radical (unpaired) electrons. The number of hydrogen-bond acceptors (Lipinski definition) is 6. The number of pyridine rings is 1. The number of aromatic nitrogens is 1. The van der Waals surface area contributed by atoms with Crippen LogP contribution in [0.5, 0.6) is 0 Å². The van der Waals surface area contributed by atoms with Gasteiger partial charge in [-0.1, -0.05) is 6.07 Å². The van der Waals surface area contributed by atoms with E-state index in [4.69, 9.17) is 9.47 Å². The van der Waals surface area contributed by atoms with Crippen LogP contribution in [0.1, 0.15) is 18.1 Å². The predicted octanol–water partition coefficient (Wildman–Crippen LogP) is 4.68. The van der Waals surface area contributed by atoms with Crippen molar-refractivity contribution in [3.63, 3.8) is 0 Å². The number of carbonyl (C=O) groups is 1. The average molecular weight is 438 g/mol. The van der Waals surface area contributed by atoms with Crippen LogP contribution in [0.15, 0.2) is 47.5 Å². The lowest BCUT2D eigenvalue weighted by Gasteiger charge is -2.17. The summed E-state index contributed by atoms with van der Waals surface area (Å²) in [7, 11) is 1.81. The maximum absolute atomic E-state index is 13.5. The molecule has 1 aliphatic rings. The zero-order valence-electron chi connectivity index (χ0n) is 16.5. The smallest absolute Gasteiger partial charge is 0.416 e. The molecule has 1 aromatic heterocycles. The SMILES string of the molecule is CCOC(=O)/C=C/c1cccnc1-c1cc(SN(C)CC2CO2)cc(C(F)(F)F)c1. The summed E-state index contributed by atoms with van der Waals surface area (Å²) >= 11 is 1.22. The Hall–Kier alpha value is -2.36. The summed E-state index contributed by atoms with van der Waals surface area (Å²) in [5.74, 6) is -0.531. The number of nitrogens with zero attached hydrogens (tertiary/aromatic N) is 2. The van der Waals surface area contributed by atoms with Gasteiger partial charge in [-0.25, -0.2) is 9.10 Å². The van der Waals surface area contributed by atoms with Crippen molar-refractivity contribution in [1.82, 2.24) is 9.29 Å². The molecule has 30 heavy (non-hydrogen) atoms. The molecule has 5 nitrogen and oxygen atoms in total. The third-order valence-corrected chi connectivity index (χ3v) is 5.06. The first-order valence-electron chi connectivity index (χ1n) is 9.29. The van der Waals surface area contributed by atoms with Crippen molar-refractivity contribution in [3.05, 3.63) is 53.7 Å². The molecule has 0 spiro atoms. The normalized spacial score (nSPS) is 16.3. The van der Waals surface area contributed by atoms with Crippen molar-refractivity contribution in [2.75, 3.05) is 26.8 Å². The summed E-state index contributed by atoms with van der Waals surface area (Å²) in [5, 5.41) is 0. The molecule has 0 bridgehead atoms. The van der Waals surface area contributed by atoms with Crippen LogP contribution >= 0.6 is 11.9 Å². The number of halogens is 3. The second kappa shape index (κ2) is 9.63. The lowest BCUT2D eigenvalue weighted by Crippen LogP contribution is -2.15. The molecule has 1 unspecified atom stereocenters. The Morgan fingerprint density at radius 1 is 1.40 bits per heavy atom. The van der Waals surface area contributed by atoms with Gasteiger partial charge < -0.3 is 9.47 Å². The van der Waals surface area contributed by atoms with Gasteiger partial charge in [0, 0.05) is 34.8 Å². The Morgan fingerprint density at radius 2 is 2.17 bits per heavy atom. The number of esters is 1. The van der Waals surface area contributed by atoms with E-state index in [1.807, 2.05) is 4.31 Å². The number of hydrogen-bond donors (Lipinski definition) is 0. The second-order valence-corrected chi connectivity index (χ2v) is 7.90. The maximum Gasteiger partial charge on any atom is 0.416 e. The number of benzene rings is 1. The highest BCUT2D eigenvalue weighted by atomic mass is 32.2. The first-order chi connectivity index (χ1) is 14.3. The summed E-state index contributed by atoms with van der Waals surface area (Å²) in [6.07, 6.45) is -0.149. The van der Waals surface area contributed by atoms with Gasteiger partial charge in [-0.3, -0.25) is 4.98 Å². The van der Waals surface area contributed by atoms with E-state index in [1.54, 1.807) is 32.2 Å². The van der Waals surface area contributed by atoms with Crippen LogP contribution < -0.4 is 0 Å². The maximum atomic E-state index is 13.5. The number of rotatable bonds is 8. The van der Waals surface area contributed by atoms with Gasteiger partial charge in [-0.2, -0.15) is 13.2 Å². The molecule has 9 heteroatoms. The molecule has 1 aliphatic heterocycles. The zero-order valence-corrected chi connectivity index (χ0v) is 17.3. The highest BCUT2D eigenvalue weighted by molar-refractivity contribution is 7.97. The number of carbonyl (C=O) groups excluding carboxylic acids is 1. The van der Waals surface area contributed by atoms with E-state index in [2.05, 4.69) is 4.98 Å². The van der Waals surface area contributed by atoms with Gasteiger partial charge in [0.2, 0.25) is 0 Å². The van der Waals surface area contributed by atoms with Crippen molar-refractivity contribution in [2.45, 2.75) is 24.1 Å². The van der Waals surface area contributed by atoms with Crippen LogP contribution in [0.2, 0.25) is 0 Å². The minimum absolute atomic E-state index is 0.128. The van der Waals surface area contributed by atoms with Gasteiger partial charge in [0.05, 0.1) is 30.6 Å². The minimum atomic E-state index is -4.50. The number of epoxide rings is 1. The standard InChI is InChI=1S/C21H21F3N2O3S/c1-3-28-19(27)7-6-14-5-4-8-25-20(14)15-9-16(21(22,23)24)11-18(10-15)30-26(2)12-17-13-29-17/h4-11,17H,3,12-13H2,1-2H3/b7-6+. The predicted molar refractivity (Wildman–Crippen MR) is 109 cm³/mol. The fourth-order valence-corrected chi connectivity index (χ4v) is 3.73. The van der Waals surface area contributed by atoms with Gasteiger partial charge >= 0.3 is 12.1 Å². The summed E-state index contributed by atoms with van der Waals surface area (Å²) < 4.78 is 52.4. The molecular formula is C21H21F3N2O3S. The quantitative estimate of drug-likeness (QED) is 0.258. The summed E-state index contributed by atoms with van der Waals surface area (Å²) in [6.45, 7) is 3.21. The van der Waals surface area contributed by atoms with E-state index < -0.39 is 17.7 Å². The Labute approximate surface area is 177 Å². The molecule has 2 aromatic rings. The molecule has 0 saturated carbocycles. The van der Waals surface area contributed by atoms with Crippen molar-refractivity contribution in [1.29, 1.82) is 0 Å². The third kappa shape index (κ3) is 6.32. The van der Waals surface area contributed by atoms with Crippen LogP contribution in [-0.2, 0) is 20.4 Å². The van der Waals surface area contributed by atoms with Gasteiger partial charge in [0.1, 0.15) is 0 Å². The molecule has 1 aromatic carbocycles. The summed E-state index contributed by atoms with van der Waals surface area (Å²) in [5.41, 5.74) is 0.414. The molecule has 3 rings (SSSR count). The molecule has 0 aliphatic carbocycles. The first-order valence-corrected chi connectivity index (χ1v) is 10.1. The molecule has 2 heterocycles. The van der Waals surface area contributed by atoms with E-state index in [0.29, 0.717) is 34.9 Å². The number of alkyl halides is 3. The Bertz CT molecular complexity index is 930. The lowest BCUT2D eigenvalue weighted by molar-refractivity contribution is -0.138. The molecular weight excluding hydrogens is 417 g/mol. The largest absolute Gasteiger partial charge is 0.463 e. The topological polar surface area (TPSA) is 55.0 Å². The minimum Gasteiger partial charge on any atom is -0.463 e. The van der Waals surface area contributed by atoms with E-state index in [1.165, 1.54) is 30.3 Å². The monoisotopic (exact) mass is 438 g/mol. The van der Waals surface area contributed by atoms with Gasteiger partial charge in [0.15, 0.2) is 0 Å². The van der Waals surface area contributed by atoms with Crippen molar-refractivity contribution >= 4 is 24.0 Å². The Morgan fingerprint density at radius 3 is 2.83 bits per heavy atom. The highest BCUT2D eigenvalue weighted by Gasteiger charge is 2.32. The van der Waals surface area contributed by atoms with E-state index >= 15 is 0 Å². The van der Waals surface area contributed by atoms with E-state index in [9.17, 15) is 18.0 Å². The summed E-state index contributed by atoms with van der Waals surface area (Å²) in [4.78, 5) is 16.3. The van der Waals surface area contributed by atoms with Gasteiger partial charge in [0.25, 0.3) is 0 Å². The molecule has 0 amide bonds. The summed E-state index contributed by atoms with van der Waals surface area (Å²) in [6, 6.07) is 7.19. The number of likely N-dealkylation sites (N-methyl/N-ethyl adjacent to an activating group) is 1. The van der Waals surface area contributed by atoms with Gasteiger partial charge in [-0.05, 0) is 56.3 Å². The van der Waals surface area contributed by atoms with Gasteiger partial charge in [-0.15, -0.1) is 0 Å². The third-order valence-electron chi connectivity index (χ3n) is 4.16. The molecule has 1 atom stereocenters. The van der Waals surface area contributed by atoms with Crippen molar-refractivity contribution < 1.29 is 27.4 Å². The van der Waals surface area contributed by atoms with Crippen LogP contribution in [0, 0.1) is 0 Å². The molecule has 0 N–H and O–H groups in total. The molecule has 1 fully saturated rings. The van der Waals surface area contributed by atoms with Crippen LogP contribution in [0.3, 0.4) is 0 Å². The van der Waals surface area contributed by atoms with Crippen LogP contribution in [0.4, 0.5) is 13.2 Å². The van der Waals surface area contributed by atoms with Crippen LogP contribution in [-0.4, -0.2) is 48.2 Å². The van der Waals surface area contributed by atoms with Crippen molar-refractivity contribution in [3.8, 4) is 11.3 Å². The highest BCUT2D eigenvalue weighted by Crippen LogP contribution is 2.37. The Balaban J connectivity index is 1.96. The van der Waals surface area contributed by atoms with Crippen LogP contribution in [0.25, 0.3) is 17.3 Å². The fourth-order valence-electron chi connectivity index (χ4n) is 2.77. The molecule has 160 valence electrons. The Kier molecular flexibility index (Phi) is 7.17. The average Bonchev–Trinajstić information content (AvgIpc) is 3.49. The second-order valence-electron chi connectivity index (χ2n) is 6.63. The number of ether oxygens (including phenoxy) is 2.